The molecule has 0 rings (SSSR count). The summed E-state index contributed by atoms with van der Waals surface area (Å²) in [4.78, 5) is 0. The van der Waals surface area contributed by atoms with E-state index in [1.165, 1.54) is 0 Å². The molecule has 0 saturated heterocycles. The van der Waals surface area contributed by atoms with Crippen molar-refractivity contribution in [2.24, 2.45) is 0 Å². The van der Waals surface area contributed by atoms with Crippen LogP contribution in [0.2, 0.25) is 18.1 Å². The van der Waals surface area contributed by atoms with E-state index in [1.54, 1.807) is 7.11 Å². The van der Waals surface area contributed by atoms with Crippen molar-refractivity contribution in [3.8, 4) is 0 Å². The van der Waals surface area contributed by atoms with Crippen LogP contribution < -0.4 is 0 Å². The summed E-state index contributed by atoms with van der Waals surface area (Å²) in [5.41, 5.74) is -0.286. The van der Waals surface area contributed by atoms with Gasteiger partial charge in [-0.25, -0.2) is 0 Å². The highest BCUT2D eigenvalue weighted by Crippen LogP contribution is 2.37. The second-order valence-corrected chi connectivity index (χ2v) is 11.2. The molecule has 0 aromatic heterocycles. The summed E-state index contributed by atoms with van der Waals surface area (Å²) in [5.74, 6) is 0. The molecule has 0 amide bonds. The number of hydrogen-bond acceptors (Lipinski definition) is 3. The first-order valence-electron chi connectivity index (χ1n) is 5.79. The summed E-state index contributed by atoms with van der Waals surface area (Å²) in [6.07, 6.45) is 0. The molecule has 0 heterocycles. The number of methoxy groups -OCH3 is 1. The third kappa shape index (κ3) is 5.43. The molecular weight excluding hydrogens is 220 g/mol. The molecule has 0 radical (unpaired) electrons. The molecule has 0 aliphatic heterocycles. The van der Waals surface area contributed by atoms with Crippen LogP contribution in [0.4, 0.5) is 0 Å². The Morgan fingerprint density at radius 2 is 1.50 bits per heavy atom. The highest BCUT2D eigenvalue weighted by molar-refractivity contribution is 6.74. The number of ether oxygens (including phenoxy) is 2. The largest absolute Gasteiger partial charge is 0.414 e. The molecule has 0 atom stereocenters. The van der Waals surface area contributed by atoms with Gasteiger partial charge in [0.05, 0.1) is 12.2 Å². The zero-order valence-corrected chi connectivity index (χ0v) is 13.1. The Hall–Kier alpha value is 0.0969. The molecular formula is C12H28O3Si. The van der Waals surface area contributed by atoms with Crippen molar-refractivity contribution in [2.75, 3.05) is 20.5 Å². The monoisotopic (exact) mass is 248 g/mol. The first-order valence-corrected chi connectivity index (χ1v) is 8.69. The Bertz CT molecular complexity index is 207. The van der Waals surface area contributed by atoms with Crippen molar-refractivity contribution in [3.63, 3.8) is 0 Å². The zero-order valence-electron chi connectivity index (χ0n) is 12.1. The predicted molar refractivity (Wildman–Crippen MR) is 70.2 cm³/mol. The van der Waals surface area contributed by atoms with E-state index in [0.29, 0.717) is 13.4 Å². The highest BCUT2D eigenvalue weighted by Gasteiger charge is 2.38. The molecule has 0 spiro atoms. The van der Waals surface area contributed by atoms with Gasteiger partial charge in [0.1, 0.15) is 6.79 Å². The van der Waals surface area contributed by atoms with Crippen LogP contribution >= 0.6 is 0 Å². The lowest BCUT2D eigenvalue weighted by atomic mass is 10.2. The van der Waals surface area contributed by atoms with Crippen LogP contribution in [0.5, 0.6) is 0 Å². The Morgan fingerprint density at radius 3 is 1.88 bits per heavy atom. The van der Waals surface area contributed by atoms with E-state index in [9.17, 15) is 0 Å². The summed E-state index contributed by atoms with van der Waals surface area (Å²) >= 11 is 0. The minimum Gasteiger partial charge on any atom is -0.414 e. The van der Waals surface area contributed by atoms with Crippen LogP contribution in [0.25, 0.3) is 0 Å². The van der Waals surface area contributed by atoms with Crippen molar-refractivity contribution in [2.45, 2.75) is 58.4 Å². The van der Waals surface area contributed by atoms with Gasteiger partial charge < -0.3 is 13.9 Å². The second kappa shape index (κ2) is 5.62. The molecule has 0 aromatic carbocycles. The molecule has 98 valence electrons. The standard InChI is InChI=1S/C12H28O3Si/c1-11(2,3)16(7,8)15-9-12(4,5)14-10-13-6/h9-10H2,1-8H3. The van der Waals surface area contributed by atoms with Gasteiger partial charge in [-0.15, -0.1) is 0 Å². The normalized spacial score (nSPS) is 14.2. The maximum absolute atomic E-state index is 6.11. The second-order valence-electron chi connectivity index (χ2n) is 6.36. The van der Waals surface area contributed by atoms with Gasteiger partial charge in [0.15, 0.2) is 8.32 Å². The maximum Gasteiger partial charge on any atom is 0.192 e. The summed E-state index contributed by atoms with van der Waals surface area (Å²) in [6, 6.07) is 0. The number of rotatable bonds is 6. The van der Waals surface area contributed by atoms with Crippen molar-refractivity contribution < 1.29 is 13.9 Å². The smallest absolute Gasteiger partial charge is 0.192 e. The Morgan fingerprint density at radius 1 is 1.00 bits per heavy atom. The van der Waals surface area contributed by atoms with E-state index in [2.05, 4.69) is 33.9 Å². The van der Waals surface area contributed by atoms with Crippen LogP contribution in [0.1, 0.15) is 34.6 Å². The molecule has 0 unspecified atom stereocenters. The van der Waals surface area contributed by atoms with Gasteiger partial charge in [-0.2, -0.15) is 0 Å². The fourth-order valence-corrected chi connectivity index (χ4v) is 1.97. The lowest BCUT2D eigenvalue weighted by molar-refractivity contribution is -0.129. The minimum absolute atomic E-state index is 0.240. The zero-order chi connectivity index (χ0) is 13.0. The fourth-order valence-electron chi connectivity index (χ4n) is 0.831. The van der Waals surface area contributed by atoms with Gasteiger partial charge in [-0.3, -0.25) is 0 Å². The SMILES string of the molecule is COCOC(C)(C)CO[Si](C)(C)C(C)(C)C. The minimum atomic E-state index is -1.67. The average Bonchev–Trinajstić information content (AvgIpc) is 2.10. The fraction of sp³-hybridized carbons (Fsp3) is 1.00. The summed E-state index contributed by atoms with van der Waals surface area (Å²) in [5, 5.41) is 0.240. The molecule has 0 bridgehead atoms. The van der Waals surface area contributed by atoms with E-state index in [0.717, 1.165) is 0 Å². The van der Waals surface area contributed by atoms with E-state index in [-0.39, 0.29) is 10.6 Å². The lowest BCUT2D eigenvalue weighted by Gasteiger charge is -2.38. The Kier molecular flexibility index (Phi) is 5.66. The molecule has 3 nitrogen and oxygen atoms in total. The topological polar surface area (TPSA) is 27.7 Å². The average molecular weight is 248 g/mol. The summed E-state index contributed by atoms with van der Waals surface area (Å²) in [6.45, 7) is 16.2. The molecule has 0 N–H and O–H groups in total. The van der Waals surface area contributed by atoms with Crippen LogP contribution in [-0.4, -0.2) is 34.4 Å². The first-order chi connectivity index (χ1) is 7.02. The van der Waals surface area contributed by atoms with E-state index >= 15 is 0 Å². The molecule has 0 aromatic rings. The summed E-state index contributed by atoms with van der Waals surface area (Å²) in [7, 11) is -0.0450. The van der Waals surface area contributed by atoms with Gasteiger partial charge in [0.2, 0.25) is 0 Å². The van der Waals surface area contributed by atoms with Crippen LogP contribution in [-0.2, 0) is 13.9 Å². The molecule has 16 heavy (non-hydrogen) atoms. The molecule has 0 aliphatic carbocycles. The molecule has 0 fully saturated rings. The van der Waals surface area contributed by atoms with Crippen molar-refractivity contribution in [1.29, 1.82) is 0 Å². The van der Waals surface area contributed by atoms with Crippen molar-refractivity contribution >= 4 is 8.32 Å². The van der Waals surface area contributed by atoms with Crippen molar-refractivity contribution in [1.82, 2.24) is 0 Å². The third-order valence-corrected chi connectivity index (χ3v) is 7.63. The van der Waals surface area contributed by atoms with Crippen LogP contribution in [0, 0.1) is 0 Å². The van der Waals surface area contributed by atoms with Gasteiger partial charge in [0, 0.05) is 7.11 Å². The lowest BCUT2D eigenvalue weighted by Crippen LogP contribution is -2.45. The van der Waals surface area contributed by atoms with E-state index < -0.39 is 8.32 Å². The van der Waals surface area contributed by atoms with Gasteiger partial charge in [-0.1, -0.05) is 20.8 Å². The Balaban J connectivity index is 4.23. The molecule has 0 aliphatic rings. The van der Waals surface area contributed by atoms with Crippen LogP contribution in [0.3, 0.4) is 0 Å². The predicted octanol–water partition coefficient (Wildman–Crippen LogP) is 3.41. The quantitative estimate of drug-likeness (QED) is 0.532. The Labute approximate surface area is 102 Å². The van der Waals surface area contributed by atoms with E-state index in [4.69, 9.17) is 13.9 Å². The first kappa shape index (κ1) is 16.1. The van der Waals surface area contributed by atoms with Gasteiger partial charge in [-0.05, 0) is 32.0 Å². The number of hydrogen-bond donors (Lipinski definition) is 0. The summed E-state index contributed by atoms with van der Waals surface area (Å²) < 4.78 is 16.6. The van der Waals surface area contributed by atoms with Crippen molar-refractivity contribution in [3.05, 3.63) is 0 Å². The molecule has 4 heteroatoms. The van der Waals surface area contributed by atoms with Gasteiger partial charge >= 0.3 is 0 Å². The van der Waals surface area contributed by atoms with Crippen LogP contribution in [0.15, 0.2) is 0 Å². The third-order valence-electron chi connectivity index (χ3n) is 3.15. The molecule has 0 saturated carbocycles. The van der Waals surface area contributed by atoms with E-state index in [1.807, 2.05) is 13.8 Å². The highest BCUT2D eigenvalue weighted by atomic mass is 28.4. The van der Waals surface area contributed by atoms with Gasteiger partial charge in [0.25, 0.3) is 0 Å². The maximum atomic E-state index is 6.11.